The van der Waals surface area contributed by atoms with Gasteiger partial charge in [0, 0.05) is 15.1 Å². The minimum Gasteiger partial charge on any atom is -0.445 e. The Morgan fingerprint density at radius 2 is 1.82 bits per heavy atom. The van der Waals surface area contributed by atoms with Gasteiger partial charge in [-0.25, -0.2) is 17.9 Å². The van der Waals surface area contributed by atoms with Gasteiger partial charge in [-0.1, -0.05) is 40.9 Å². The number of carbonyl (C=O) groups excluding carboxylic acids is 1. The number of sulfonamides is 1. The van der Waals surface area contributed by atoms with E-state index in [1.165, 1.54) is 24.3 Å². The molecule has 178 valence electrons. The summed E-state index contributed by atoms with van der Waals surface area (Å²) in [7, 11) is -4.06. The first-order valence-electron chi connectivity index (χ1n) is 10.4. The van der Waals surface area contributed by atoms with E-state index in [-0.39, 0.29) is 11.5 Å². The molecule has 0 saturated carbocycles. The molecule has 34 heavy (non-hydrogen) atoms. The molecule has 7 nitrogen and oxygen atoms in total. The molecule has 1 heterocycles. The van der Waals surface area contributed by atoms with E-state index in [1.54, 1.807) is 18.2 Å². The van der Waals surface area contributed by atoms with Crippen LogP contribution in [0.2, 0.25) is 15.1 Å². The number of benzene rings is 2. The van der Waals surface area contributed by atoms with Gasteiger partial charge in [-0.05, 0) is 78.4 Å². The molecule has 1 aliphatic rings. The van der Waals surface area contributed by atoms with Gasteiger partial charge in [0.2, 0.25) is 0 Å². The van der Waals surface area contributed by atoms with Gasteiger partial charge in [0.05, 0.1) is 23.3 Å². The molecular weight excluding hydrogens is 521 g/mol. The third kappa shape index (κ3) is 5.75. The van der Waals surface area contributed by atoms with Crippen LogP contribution >= 0.6 is 34.8 Å². The number of fused-ring (bicyclic) bond motifs is 1. The van der Waals surface area contributed by atoms with Gasteiger partial charge in [-0.3, -0.25) is 4.68 Å². The van der Waals surface area contributed by atoms with E-state index in [2.05, 4.69) is 5.10 Å². The third-order valence-electron chi connectivity index (χ3n) is 5.33. The summed E-state index contributed by atoms with van der Waals surface area (Å²) in [4.78, 5) is 12.0. The summed E-state index contributed by atoms with van der Waals surface area (Å²) < 4.78 is 33.5. The van der Waals surface area contributed by atoms with Crippen LogP contribution in [0.25, 0.3) is 5.57 Å². The average Bonchev–Trinajstić information content (AvgIpc) is 3.19. The van der Waals surface area contributed by atoms with Crippen LogP contribution in [0.3, 0.4) is 0 Å². The van der Waals surface area contributed by atoms with Crippen LogP contribution in [0.1, 0.15) is 29.7 Å². The Labute approximate surface area is 212 Å². The van der Waals surface area contributed by atoms with Crippen molar-refractivity contribution < 1.29 is 17.9 Å². The predicted octanol–water partition coefficient (Wildman–Crippen LogP) is 5.73. The second-order valence-corrected chi connectivity index (χ2v) is 10.6. The van der Waals surface area contributed by atoms with E-state index in [4.69, 9.17) is 39.5 Å². The minimum absolute atomic E-state index is 0.0890. The smallest absolute Gasteiger partial charge is 0.421 e. The number of nitrogens with one attached hydrogen (secondary N) is 1. The molecule has 0 aliphatic heterocycles. The molecule has 0 spiro atoms. The standard InChI is InChI=1S/C23H20Cl3N3O4S/c24-18-6-8-20(9-7-18)34(31,32)28-23(30)33-11-10-15-2-1-3-16-13-27-29(22(15)16)14-17-4-5-19(25)12-21(17)26/h4-10,12-13H,1-3,11,14H2,(H,28,30)/b15-10+. The summed E-state index contributed by atoms with van der Waals surface area (Å²) in [6, 6.07) is 10.8. The lowest BCUT2D eigenvalue weighted by molar-refractivity contribution is 0.165. The SMILES string of the molecule is O=C(NS(=O)(=O)c1ccc(Cl)cc1)OC/C=C1\CCCc2cnn(Cc3ccc(Cl)cc3Cl)c21. The molecule has 3 aromatic rings. The van der Waals surface area contributed by atoms with Crippen LogP contribution in [0, 0.1) is 0 Å². The number of hydrogen-bond acceptors (Lipinski definition) is 5. The van der Waals surface area contributed by atoms with Gasteiger partial charge in [0.25, 0.3) is 10.0 Å². The Hall–Kier alpha value is -2.52. The van der Waals surface area contributed by atoms with Crippen molar-refractivity contribution in [2.24, 2.45) is 0 Å². The molecule has 4 rings (SSSR count). The zero-order chi connectivity index (χ0) is 24.3. The Bertz CT molecular complexity index is 1350. The Kier molecular flexibility index (Phi) is 7.52. The maximum atomic E-state index is 12.3. The minimum atomic E-state index is -4.06. The number of amides is 1. The highest BCUT2D eigenvalue weighted by atomic mass is 35.5. The van der Waals surface area contributed by atoms with Gasteiger partial charge >= 0.3 is 6.09 Å². The first kappa shape index (κ1) is 24.6. The zero-order valence-electron chi connectivity index (χ0n) is 17.8. The van der Waals surface area contributed by atoms with Crippen molar-refractivity contribution >= 4 is 56.5 Å². The number of rotatable bonds is 6. The van der Waals surface area contributed by atoms with Crippen LogP contribution in [0.15, 0.2) is 59.6 Å². The number of nitrogens with zero attached hydrogens (tertiary/aromatic N) is 2. The molecule has 2 aromatic carbocycles. The van der Waals surface area contributed by atoms with E-state index in [0.717, 1.165) is 41.7 Å². The number of aromatic nitrogens is 2. The first-order chi connectivity index (χ1) is 16.2. The lowest BCUT2D eigenvalue weighted by Crippen LogP contribution is -2.31. The second-order valence-electron chi connectivity index (χ2n) is 7.65. The zero-order valence-corrected chi connectivity index (χ0v) is 20.9. The molecule has 1 amide bonds. The second kappa shape index (κ2) is 10.4. The highest BCUT2D eigenvalue weighted by Gasteiger charge is 2.21. The van der Waals surface area contributed by atoms with Crippen LogP contribution in [0.4, 0.5) is 4.79 Å². The monoisotopic (exact) mass is 539 g/mol. The molecule has 0 radical (unpaired) electrons. The number of ether oxygens (including phenoxy) is 1. The van der Waals surface area contributed by atoms with Gasteiger partial charge in [-0.2, -0.15) is 5.10 Å². The van der Waals surface area contributed by atoms with Crippen LogP contribution in [-0.2, 0) is 27.7 Å². The molecule has 0 atom stereocenters. The average molecular weight is 541 g/mol. The van der Waals surface area contributed by atoms with Crippen LogP contribution in [0.5, 0.6) is 0 Å². The van der Waals surface area contributed by atoms with Crippen molar-refractivity contribution in [1.29, 1.82) is 0 Å². The van der Waals surface area contributed by atoms with Gasteiger partial charge in [0.1, 0.15) is 6.61 Å². The first-order valence-corrected chi connectivity index (χ1v) is 13.0. The van der Waals surface area contributed by atoms with Crippen molar-refractivity contribution in [2.45, 2.75) is 30.7 Å². The molecule has 0 unspecified atom stereocenters. The van der Waals surface area contributed by atoms with Gasteiger partial charge in [0.15, 0.2) is 0 Å². The summed E-state index contributed by atoms with van der Waals surface area (Å²) in [5, 5.41) is 6.02. The molecule has 1 N–H and O–H groups in total. The molecular formula is C23H20Cl3N3O4S. The normalized spacial score (nSPS) is 14.6. The molecule has 1 aliphatic carbocycles. The number of hydrogen-bond donors (Lipinski definition) is 1. The van der Waals surface area contributed by atoms with E-state index in [9.17, 15) is 13.2 Å². The molecule has 0 saturated heterocycles. The molecule has 11 heteroatoms. The molecule has 1 aromatic heterocycles. The maximum Gasteiger partial charge on any atom is 0.421 e. The fraction of sp³-hybridized carbons (Fsp3) is 0.217. The lowest BCUT2D eigenvalue weighted by atomic mass is 9.92. The van der Waals surface area contributed by atoms with Crippen molar-refractivity contribution in [3.8, 4) is 0 Å². The Morgan fingerprint density at radius 3 is 2.56 bits per heavy atom. The molecule has 0 fully saturated rings. The van der Waals surface area contributed by atoms with E-state index >= 15 is 0 Å². The van der Waals surface area contributed by atoms with Gasteiger partial charge in [-0.15, -0.1) is 0 Å². The summed E-state index contributed by atoms with van der Waals surface area (Å²) in [5.74, 6) is 0. The largest absolute Gasteiger partial charge is 0.445 e. The fourth-order valence-corrected chi connectivity index (χ4v) is 5.21. The van der Waals surface area contributed by atoms with Crippen molar-refractivity contribution in [1.82, 2.24) is 14.5 Å². The van der Waals surface area contributed by atoms with E-state index < -0.39 is 16.1 Å². The van der Waals surface area contributed by atoms with Crippen molar-refractivity contribution in [2.75, 3.05) is 6.61 Å². The highest BCUT2D eigenvalue weighted by Crippen LogP contribution is 2.32. The summed E-state index contributed by atoms with van der Waals surface area (Å²) >= 11 is 18.1. The summed E-state index contributed by atoms with van der Waals surface area (Å²) in [6.45, 7) is 0.368. The number of carbonyl (C=O) groups is 1. The number of allylic oxidation sites excluding steroid dienone is 1. The Morgan fingerprint density at radius 1 is 1.09 bits per heavy atom. The van der Waals surface area contributed by atoms with Crippen molar-refractivity contribution in [3.63, 3.8) is 0 Å². The third-order valence-corrected chi connectivity index (χ3v) is 7.50. The van der Waals surface area contributed by atoms with E-state index in [0.29, 0.717) is 21.6 Å². The lowest BCUT2D eigenvalue weighted by Gasteiger charge is -2.18. The quantitative estimate of drug-likeness (QED) is 0.431. The summed E-state index contributed by atoms with van der Waals surface area (Å²) in [5.41, 5.74) is 3.90. The Balaban J connectivity index is 1.44. The predicted molar refractivity (Wildman–Crippen MR) is 132 cm³/mol. The van der Waals surface area contributed by atoms with Crippen molar-refractivity contribution in [3.05, 3.63) is 86.6 Å². The van der Waals surface area contributed by atoms with E-state index in [1.807, 2.05) is 21.7 Å². The van der Waals surface area contributed by atoms with Gasteiger partial charge < -0.3 is 4.74 Å². The number of halogens is 3. The fourth-order valence-electron chi connectivity index (χ4n) is 3.73. The molecule has 0 bridgehead atoms. The summed E-state index contributed by atoms with van der Waals surface area (Å²) in [6.07, 6.45) is 5.14. The topological polar surface area (TPSA) is 90.3 Å². The van der Waals surface area contributed by atoms with Crippen LogP contribution in [-0.4, -0.2) is 30.9 Å². The van der Waals surface area contributed by atoms with Crippen LogP contribution < -0.4 is 4.72 Å². The maximum absolute atomic E-state index is 12.3. The number of aryl methyl sites for hydroxylation is 1. The highest BCUT2D eigenvalue weighted by molar-refractivity contribution is 7.90.